The molecule has 3 heterocycles. The van der Waals surface area contributed by atoms with Crippen LogP contribution < -0.4 is 9.64 Å². The van der Waals surface area contributed by atoms with Gasteiger partial charge in [0.1, 0.15) is 18.1 Å². The number of benzene rings is 1. The Labute approximate surface area is 165 Å². The van der Waals surface area contributed by atoms with E-state index in [1.54, 1.807) is 17.0 Å². The van der Waals surface area contributed by atoms with E-state index in [2.05, 4.69) is 4.98 Å². The van der Waals surface area contributed by atoms with Crippen molar-refractivity contribution in [2.24, 2.45) is 0 Å². The van der Waals surface area contributed by atoms with E-state index in [0.717, 1.165) is 10.3 Å². The fourth-order valence-corrected chi connectivity index (χ4v) is 3.57. The van der Waals surface area contributed by atoms with Crippen molar-refractivity contribution in [3.63, 3.8) is 0 Å². The molecule has 2 aliphatic heterocycles. The average molecular weight is 410 g/mol. The van der Waals surface area contributed by atoms with E-state index in [1.165, 1.54) is 12.4 Å². The molecule has 29 heavy (non-hydrogen) atoms. The average Bonchev–Trinajstić information content (AvgIpc) is 3.12. The predicted octanol–water partition coefficient (Wildman–Crippen LogP) is 2.07. The second kappa shape index (κ2) is 7.94. The molecule has 0 bridgehead atoms. The highest BCUT2D eigenvalue weighted by Crippen LogP contribution is 2.34. The molecule has 1 saturated heterocycles. The van der Waals surface area contributed by atoms with Crippen molar-refractivity contribution in [1.82, 2.24) is 14.5 Å². The van der Waals surface area contributed by atoms with Gasteiger partial charge in [-0.25, -0.2) is 4.98 Å². The molecule has 0 radical (unpaired) electrons. The zero-order chi connectivity index (χ0) is 20.4. The Bertz CT molecular complexity index is 864. The van der Waals surface area contributed by atoms with Crippen molar-refractivity contribution < 1.29 is 27.4 Å². The normalized spacial score (nSPS) is 19.6. The van der Waals surface area contributed by atoms with Crippen LogP contribution in [0.2, 0.25) is 0 Å². The van der Waals surface area contributed by atoms with Crippen LogP contribution in [0.4, 0.5) is 18.9 Å². The van der Waals surface area contributed by atoms with Gasteiger partial charge >= 0.3 is 6.18 Å². The highest BCUT2D eigenvalue weighted by atomic mass is 19.4. The number of ether oxygens (including phenoxy) is 2. The molecular formula is C19H21F3N4O3. The highest BCUT2D eigenvalue weighted by molar-refractivity contribution is 5.83. The van der Waals surface area contributed by atoms with Gasteiger partial charge in [-0.1, -0.05) is 12.1 Å². The van der Waals surface area contributed by atoms with E-state index in [9.17, 15) is 18.0 Å². The third kappa shape index (κ3) is 4.47. The van der Waals surface area contributed by atoms with Gasteiger partial charge in [-0.2, -0.15) is 13.2 Å². The minimum Gasteiger partial charge on any atom is -0.477 e. The Balaban J connectivity index is 1.56. The van der Waals surface area contributed by atoms with Crippen molar-refractivity contribution in [2.45, 2.75) is 25.4 Å². The lowest BCUT2D eigenvalue weighted by molar-refractivity contribution is -0.142. The van der Waals surface area contributed by atoms with E-state index in [-0.39, 0.29) is 24.8 Å². The van der Waals surface area contributed by atoms with Crippen molar-refractivity contribution in [2.75, 3.05) is 37.7 Å². The lowest BCUT2D eigenvalue weighted by atomic mass is 10.1. The third-order valence-corrected chi connectivity index (χ3v) is 4.94. The number of alkyl halides is 3. The summed E-state index contributed by atoms with van der Waals surface area (Å²) in [6.45, 7) is 1.21. The number of para-hydroxylation sites is 2. The van der Waals surface area contributed by atoms with Crippen molar-refractivity contribution in [1.29, 1.82) is 0 Å². The first-order chi connectivity index (χ1) is 13.9. The maximum absolute atomic E-state index is 12.9. The number of amides is 1. The molecule has 156 valence electrons. The Morgan fingerprint density at radius 2 is 1.97 bits per heavy atom. The van der Waals surface area contributed by atoms with Crippen LogP contribution >= 0.6 is 0 Å². The number of carbonyl (C=O) groups excluding carboxylic acids is 1. The number of rotatable bonds is 4. The van der Waals surface area contributed by atoms with E-state index in [0.29, 0.717) is 32.1 Å². The molecule has 0 aliphatic carbocycles. The molecule has 0 saturated carbocycles. The summed E-state index contributed by atoms with van der Waals surface area (Å²) in [6, 6.07) is 7.19. The lowest BCUT2D eigenvalue weighted by Gasteiger charge is -2.38. The smallest absolute Gasteiger partial charge is 0.406 e. The van der Waals surface area contributed by atoms with Crippen LogP contribution in [0.15, 0.2) is 36.7 Å². The number of halogens is 3. The molecule has 0 N–H and O–H groups in total. The van der Waals surface area contributed by atoms with Crippen LogP contribution in [-0.2, 0) is 22.6 Å². The van der Waals surface area contributed by atoms with Gasteiger partial charge in [0, 0.05) is 25.5 Å². The molecule has 0 spiro atoms. The Morgan fingerprint density at radius 3 is 2.72 bits per heavy atom. The van der Waals surface area contributed by atoms with E-state index < -0.39 is 18.8 Å². The molecule has 2 aliphatic rings. The van der Waals surface area contributed by atoms with Gasteiger partial charge in [0.25, 0.3) is 5.91 Å². The van der Waals surface area contributed by atoms with Crippen molar-refractivity contribution in [3.8, 4) is 5.75 Å². The number of fused-ring (bicyclic) bond motifs is 1. The second-order valence-corrected chi connectivity index (χ2v) is 6.98. The fourth-order valence-electron chi connectivity index (χ4n) is 3.57. The first-order valence-electron chi connectivity index (χ1n) is 9.34. The molecule has 1 atom stereocenters. The molecule has 1 aromatic heterocycles. The molecule has 4 rings (SSSR count). The molecule has 1 unspecified atom stereocenters. The summed E-state index contributed by atoms with van der Waals surface area (Å²) in [7, 11) is 0. The summed E-state index contributed by atoms with van der Waals surface area (Å²) in [5, 5.41) is 0. The zero-order valence-electron chi connectivity index (χ0n) is 15.6. The third-order valence-electron chi connectivity index (χ3n) is 4.94. The van der Waals surface area contributed by atoms with E-state index >= 15 is 0 Å². The first kappa shape index (κ1) is 19.6. The number of hydrogen-bond donors (Lipinski definition) is 0. The Hall–Kier alpha value is -2.75. The summed E-state index contributed by atoms with van der Waals surface area (Å²) in [4.78, 5) is 20.6. The number of aromatic nitrogens is 2. The van der Waals surface area contributed by atoms with Crippen LogP contribution in [0, 0.1) is 0 Å². The number of imidazole rings is 1. The first-order valence-corrected chi connectivity index (χ1v) is 9.34. The van der Waals surface area contributed by atoms with Crippen molar-refractivity contribution >= 4 is 11.6 Å². The van der Waals surface area contributed by atoms with Gasteiger partial charge in [0.05, 0.1) is 32.0 Å². The molecule has 1 fully saturated rings. The van der Waals surface area contributed by atoms with Gasteiger partial charge < -0.3 is 23.8 Å². The number of hydrogen-bond acceptors (Lipinski definition) is 5. The van der Waals surface area contributed by atoms with Crippen LogP contribution in [0.25, 0.3) is 0 Å². The van der Waals surface area contributed by atoms with Crippen LogP contribution in [0.3, 0.4) is 0 Å². The van der Waals surface area contributed by atoms with Crippen molar-refractivity contribution in [3.05, 3.63) is 42.5 Å². The maximum atomic E-state index is 12.9. The standard InChI is InChI=1S/C19H21F3N4O3/c20-19(21,22)13-25-6-5-23-17(25)12-26-11-16(18(27)24-7-9-28-10-8-24)29-15-4-2-1-3-14(15)26/h1-6,16H,7-13H2. The Kier molecular flexibility index (Phi) is 5.35. The quantitative estimate of drug-likeness (QED) is 0.773. The molecule has 7 nitrogen and oxygen atoms in total. The van der Waals surface area contributed by atoms with Crippen LogP contribution in [0.5, 0.6) is 5.75 Å². The molecule has 1 aromatic carbocycles. The summed E-state index contributed by atoms with van der Waals surface area (Å²) < 4.78 is 50.8. The summed E-state index contributed by atoms with van der Waals surface area (Å²) >= 11 is 0. The molecule has 2 aromatic rings. The van der Waals surface area contributed by atoms with Gasteiger partial charge in [-0.3, -0.25) is 4.79 Å². The lowest BCUT2D eigenvalue weighted by Crippen LogP contribution is -2.53. The van der Waals surface area contributed by atoms with Crippen LogP contribution in [0.1, 0.15) is 5.82 Å². The number of anilines is 1. The molecular weight excluding hydrogens is 389 g/mol. The largest absolute Gasteiger partial charge is 0.477 e. The summed E-state index contributed by atoms with van der Waals surface area (Å²) in [5.41, 5.74) is 0.722. The monoisotopic (exact) mass is 410 g/mol. The minimum absolute atomic E-state index is 0.135. The van der Waals surface area contributed by atoms with Gasteiger partial charge in [-0.05, 0) is 12.1 Å². The number of nitrogens with zero attached hydrogens (tertiary/aromatic N) is 4. The molecule has 1 amide bonds. The summed E-state index contributed by atoms with van der Waals surface area (Å²) in [6.07, 6.45) is -2.42. The SMILES string of the molecule is O=C(C1CN(Cc2nccn2CC(F)(F)F)c2ccccc2O1)N1CCOCC1. The Morgan fingerprint density at radius 1 is 1.21 bits per heavy atom. The van der Waals surface area contributed by atoms with E-state index in [1.807, 2.05) is 17.0 Å². The van der Waals surface area contributed by atoms with Gasteiger partial charge in [0.2, 0.25) is 0 Å². The maximum Gasteiger partial charge on any atom is 0.406 e. The molecule has 10 heteroatoms. The van der Waals surface area contributed by atoms with E-state index in [4.69, 9.17) is 9.47 Å². The predicted molar refractivity (Wildman–Crippen MR) is 97.6 cm³/mol. The van der Waals surface area contributed by atoms with Gasteiger partial charge in [0.15, 0.2) is 6.10 Å². The summed E-state index contributed by atoms with van der Waals surface area (Å²) in [5.74, 6) is 0.655. The second-order valence-electron chi connectivity index (χ2n) is 6.98. The number of morpholine rings is 1. The highest BCUT2D eigenvalue weighted by Gasteiger charge is 2.35. The zero-order valence-corrected chi connectivity index (χ0v) is 15.6. The fraction of sp³-hybridized carbons (Fsp3) is 0.474. The topological polar surface area (TPSA) is 59.8 Å². The minimum atomic E-state index is -4.34. The van der Waals surface area contributed by atoms with Gasteiger partial charge in [-0.15, -0.1) is 0 Å². The number of carbonyl (C=O) groups is 1. The van der Waals surface area contributed by atoms with Crippen LogP contribution in [-0.4, -0.2) is 65.5 Å².